The number of hydrogen-bond acceptors (Lipinski definition) is 4. The van der Waals surface area contributed by atoms with Crippen molar-refractivity contribution in [2.75, 3.05) is 0 Å². The summed E-state index contributed by atoms with van der Waals surface area (Å²) >= 11 is 0. The molecule has 0 fully saturated rings. The fourth-order valence-corrected chi connectivity index (χ4v) is 4.01. The third-order valence-corrected chi connectivity index (χ3v) is 5.82. The van der Waals surface area contributed by atoms with Gasteiger partial charge in [0.1, 0.15) is 5.78 Å². The van der Waals surface area contributed by atoms with Crippen molar-refractivity contribution in [3.63, 3.8) is 0 Å². The monoisotopic (exact) mass is 582 g/mol. The standard InChI is InChI=1S/C15H24O2.C15H22O2.4C2H4/c2*1-11-5-7-13(8-6-11)12(2)9-14(16)10-15(3,4)17;4*1-2/h5-8,12,14,16-17H,9-10H2,1-4H3;5-8,12,17H,9-10H2,1-4H3;4*1-2H2/t12-,14?;12-;;;;/m00..../s1. The summed E-state index contributed by atoms with van der Waals surface area (Å²) in [7, 11) is 0. The highest BCUT2D eigenvalue weighted by atomic mass is 16.3. The summed E-state index contributed by atoms with van der Waals surface area (Å²) in [5.41, 5.74) is 3.20. The third kappa shape index (κ3) is 25.9. The van der Waals surface area contributed by atoms with Crippen LogP contribution in [0, 0.1) is 13.8 Å². The van der Waals surface area contributed by atoms with E-state index in [0.717, 1.165) is 0 Å². The summed E-state index contributed by atoms with van der Waals surface area (Å²) in [6.07, 6.45) is 1.37. The van der Waals surface area contributed by atoms with Gasteiger partial charge in [-0.1, -0.05) is 73.5 Å². The van der Waals surface area contributed by atoms with Crippen LogP contribution in [0.3, 0.4) is 0 Å². The Balaban J connectivity index is -0.000000277. The van der Waals surface area contributed by atoms with E-state index in [1.54, 1.807) is 27.7 Å². The van der Waals surface area contributed by atoms with Crippen molar-refractivity contribution in [1.29, 1.82) is 0 Å². The first-order valence-electron chi connectivity index (χ1n) is 14.3. The van der Waals surface area contributed by atoms with Crippen LogP contribution in [0.2, 0.25) is 0 Å². The number of aliphatic hydroxyl groups is 3. The number of carbonyl (C=O) groups excluding carboxylic acids is 1. The minimum absolute atomic E-state index is 0.116. The molecule has 0 aliphatic carbocycles. The molecule has 0 aliphatic heterocycles. The Morgan fingerprint density at radius 3 is 1.31 bits per heavy atom. The van der Waals surface area contributed by atoms with Gasteiger partial charge in [-0.05, 0) is 70.9 Å². The van der Waals surface area contributed by atoms with Crippen molar-refractivity contribution >= 4 is 5.78 Å². The zero-order chi connectivity index (χ0) is 34.1. The van der Waals surface area contributed by atoms with Gasteiger partial charge in [0.2, 0.25) is 0 Å². The smallest absolute Gasteiger partial charge is 0.136 e. The van der Waals surface area contributed by atoms with Crippen LogP contribution in [-0.2, 0) is 4.79 Å². The normalized spacial score (nSPS) is 12.2. The second-order valence-electron chi connectivity index (χ2n) is 11.3. The molecular formula is C38H62O4. The van der Waals surface area contributed by atoms with E-state index >= 15 is 0 Å². The number of ketones is 1. The van der Waals surface area contributed by atoms with Crippen LogP contribution in [0.1, 0.15) is 101 Å². The molecule has 1 unspecified atom stereocenters. The number of rotatable bonds is 10. The molecule has 238 valence electrons. The van der Waals surface area contributed by atoms with Crippen molar-refractivity contribution in [3.05, 3.63) is 123 Å². The van der Waals surface area contributed by atoms with E-state index in [0.29, 0.717) is 25.2 Å². The van der Waals surface area contributed by atoms with Gasteiger partial charge in [-0.2, -0.15) is 0 Å². The van der Waals surface area contributed by atoms with Gasteiger partial charge >= 0.3 is 0 Å². The lowest BCUT2D eigenvalue weighted by molar-refractivity contribution is -0.123. The lowest BCUT2D eigenvalue weighted by Gasteiger charge is -2.23. The average Bonchev–Trinajstić information content (AvgIpc) is 2.92. The van der Waals surface area contributed by atoms with Crippen LogP contribution in [-0.4, -0.2) is 38.4 Å². The Hall–Kier alpha value is -3.05. The SMILES string of the molecule is C=C.C=C.C=C.C=C.Cc1ccc([C@@H](C)CC(=O)CC(C)(C)O)cc1.Cc1ccc([C@@H](C)CC(O)CC(C)(C)O)cc1. The molecule has 42 heavy (non-hydrogen) atoms. The molecule has 0 spiro atoms. The Morgan fingerprint density at radius 2 is 1.00 bits per heavy atom. The average molecular weight is 583 g/mol. The van der Waals surface area contributed by atoms with E-state index in [2.05, 4.69) is 115 Å². The van der Waals surface area contributed by atoms with E-state index in [4.69, 9.17) is 0 Å². The summed E-state index contributed by atoms with van der Waals surface area (Å²) in [6, 6.07) is 16.7. The van der Waals surface area contributed by atoms with Gasteiger partial charge in [-0.3, -0.25) is 4.79 Å². The molecule has 2 aromatic carbocycles. The van der Waals surface area contributed by atoms with E-state index < -0.39 is 17.3 Å². The molecule has 3 atom stereocenters. The van der Waals surface area contributed by atoms with Gasteiger partial charge in [0.25, 0.3) is 0 Å². The van der Waals surface area contributed by atoms with Crippen molar-refractivity contribution in [3.8, 4) is 0 Å². The summed E-state index contributed by atoms with van der Waals surface area (Å²) in [6.45, 7) is 39.1. The number of hydrogen-bond donors (Lipinski definition) is 3. The maximum absolute atomic E-state index is 11.7. The van der Waals surface area contributed by atoms with E-state index in [1.165, 1.54) is 22.3 Å². The van der Waals surface area contributed by atoms with Crippen LogP contribution in [0.25, 0.3) is 0 Å². The molecule has 4 heteroatoms. The summed E-state index contributed by atoms with van der Waals surface area (Å²) in [5, 5.41) is 29.1. The topological polar surface area (TPSA) is 77.8 Å². The van der Waals surface area contributed by atoms with E-state index in [-0.39, 0.29) is 18.1 Å². The van der Waals surface area contributed by atoms with Crippen molar-refractivity contribution in [2.24, 2.45) is 0 Å². The first kappa shape index (κ1) is 45.9. The zero-order valence-electron chi connectivity index (χ0n) is 28.1. The number of aliphatic hydroxyl groups excluding tert-OH is 1. The zero-order valence-corrected chi connectivity index (χ0v) is 28.1. The Bertz CT molecular complexity index is 910. The first-order valence-corrected chi connectivity index (χ1v) is 14.3. The van der Waals surface area contributed by atoms with Crippen molar-refractivity contribution in [2.45, 2.75) is 110 Å². The Kier molecular flexibility index (Phi) is 28.0. The number of Topliss-reactive ketones (excluding diaryl/α,β-unsaturated/α-hetero) is 1. The largest absolute Gasteiger partial charge is 0.393 e. The number of aryl methyl sites for hydroxylation is 2. The molecule has 0 bridgehead atoms. The predicted octanol–water partition coefficient (Wildman–Crippen LogP) is 9.44. The van der Waals surface area contributed by atoms with Gasteiger partial charge < -0.3 is 15.3 Å². The molecule has 2 rings (SSSR count). The van der Waals surface area contributed by atoms with E-state index in [9.17, 15) is 20.1 Å². The molecule has 0 saturated heterocycles. The summed E-state index contributed by atoms with van der Waals surface area (Å²) < 4.78 is 0. The molecule has 0 saturated carbocycles. The lowest BCUT2D eigenvalue weighted by atomic mass is 9.90. The van der Waals surface area contributed by atoms with Crippen molar-refractivity contribution in [1.82, 2.24) is 0 Å². The molecule has 0 heterocycles. The maximum Gasteiger partial charge on any atom is 0.136 e. The van der Waals surface area contributed by atoms with Crippen LogP contribution in [0.5, 0.6) is 0 Å². The minimum atomic E-state index is -0.899. The first-order chi connectivity index (χ1) is 19.6. The van der Waals surface area contributed by atoms with Crippen molar-refractivity contribution < 1.29 is 20.1 Å². The molecule has 2 aromatic rings. The van der Waals surface area contributed by atoms with Gasteiger partial charge in [-0.15, -0.1) is 52.6 Å². The summed E-state index contributed by atoms with van der Waals surface area (Å²) in [4.78, 5) is 11.7. The maximum atomic E-state index is 11.7. The van der Waals surface area contributed by atoms with Gasteiger partial charge in [0, 0.05) is 19.3 Å². The predicted molar refractivity (Wildman–Crippen MR) is 186 cm³/mol. The molecule has 4 nitrogen and oxygen atoms in total. The summed E-state index contributed by atoms with van der Waals surface area (Å²) in [5.74, 6) is 0.643. The quantitative estimate of drug-likeness (QED) is 0.244. The highest BCUT2D eigenvalue weighted by Crippen LogP contribution is 2.24. The third-order valence-electron chi connectivity index (χ3n) is 5.82. The highest BCUT2D eigenvalue weighted by molar-refractivity contribution is 5.80. The molecule has 0 aromatic heterocycles. The molecular weight excluding hydrogens is 520 g/mol. The second kappa shape index (κ2) is 25.6. The van der Waals surface area contributed by atoms with Crippen LogP contribution in [0.15, 0.2) is 101 Å². The Labute approximate surface area is 259 Å². The van der Waals surface area contributed by atoms with Crippen LogP contribution in [0.4, 0.5) is 0 Å². The van der Waals surface area contributed by atoms with Gasteiger partial charge in [0.15, 0.2) is 0 Å². The molecule has 0 aliphatic rings. The molecule has 0 radical (unpaired) electrons. The Morgan fingerprint density at radius 1 is 0.667 bits per heavy atom. The number of benzene rings is 2. The fraction of sp³-hybridized carbons (Fsp3) is 0.447. The fourth-order valence-electron chi connectivity index (χ4n) is 4.01. The van der Waals surface area contributed by atoms with Crippen LogP contribution < -0.4 is 0 Å². The van der Waals surface area contributed by atoms with Gasteiger partial charge in [0.05, 0.1) is 17.3 Å². The second-order valence-corrected chi connectivity index (χ2v) is 11.3. The van der Waals surface area contributed by atoms with E-state index in [1.807, 2.05) is 13.8 Å². The molecule has 0 amide bonds. The molecule has 3 N–H and O–H groups in total. The highest BCUT2D eigenvalue weighted by Gasteiger charge is 2.21. The lowest BCUT2D eigenvalue weighted by Crippen LogP contribution is -2.27. The number of carbonyl (C=O) groups is 1. The van der Waals surface area contributed by atoms with Gasteiger partial charge in [-0.25, -0.2) is 0 Å². The van der Waals surface area contributed by atoms with Crippen LogP contribution >= 0.6 is 0 Å². The minimum Gasteiger partial charge on any atom is -0.393 e.